The van der Waals surface area contributed by atoms with E-state index in [0.29, 0.717) is 23.7 Å². The molecule has 0 heterocycles. The summed E-state index contributed by atoms with van der Waals surface area (Å²) in [6, 6.07) is 0. The molecule has 0 aliphatic heterocycles. The lowest BCUT2D eigenvalue weighted by Crippen LogP contribution is -2.67. The summed E-state index contributed by atoms with van der Waals surface area (Å²) in [5.41, 5.74) is -0.120. The van der Waals surface area contributed by atoms with Gasteiger partial charge in [0.25, 0.3) is 0 Å². The minimum atomic E-state index is -0.353. The Kier molecular flexibility index (Phi) is 4.71. The van der Waals surface area contributed by atoms with E-state index < -0.39 is 0 Å². The second-order valence-corrected chi connectivity index (χ2v) is 11.1. The number of aliphatic hydroxyl groups is 1. The first-order valence-electron chi connectivity index (χ1n) is 11.1. The number of hydrogen-bond acceptors (Lipinski definition) is 4. The van der Waals surface area contributed by atoms with Crippen molar-refractivity contribution in [3.8, 4) is 0 Å². The fourth-order valence-corrected chi connectivity index (χ4v) is 8.62. The lowest BCUT2D eigenvalue weighted by atomic mass is 9.35. The van der Waals surface area contributed by atoms with Crippen LogP contribution in [0.4, 0.5) is 0 Å². The van der Waals surface area contributed by atoms with E-state index in [1.54, 1.807) is 7.11 Å². The van der Waals surface area contributed by atoms with E-state index in [1.165, 1.54) is 25.7 Å². The maximum atomic E-state index is 12.8. The third-order valence-corrected chi connectivity index (χ3v) is 9.71. The van der Waals surface area contributed by atoms with E-state index in [-0.39, 0.29) is 28.3 Å². The Bertz CT molecular complexity index is 606. The normalized spacial score (nSPS) is 51.6. The molecule has 8 atom stereocenters. The van der Waals surface area contributed by atoms with Crippen LogP contribution in [0.15, 0.2) is 0 Å². The van der Waals surface area contributed by atoms with E-state index in [2.05, 4.69) is 32.8 Å². The number of carbonyl (C=O) groups excluding carboxylic acids is 1. The van der Waals surface area contributed by atoms with Crippen LogP contribution in [0, 0.1) is 39.9 Å². The molecule has 5 aliphatic carbocycles. The van der Waals surface area contributed by atoms with Crippen LogP contribution in [0.2, 0.25) is 0 Å². The van der Waals surface area contributed by atoms with Crippen LogP contribution >= 0.6 is 0 Å². The number of aliphatic hydroxyl groups excluding tert-OH is 1. The zero-order valence-electron chi connectivity index (χ0n) is 18.0. The Labute approximate surface area is 165 Å². The van der Waals surface area contributed by atoms with Gasteiger partial charge in [-0.1, -0.05) is 13.3 Å². The van der Waals surface area contributed by atoms with Crippen LogP contribution in [0.1, 0.15) is 65.2 Å². The molecule has 4 nitrogen and oxygen atoms in total. The predicted molar refractivity (Wildman–Crippen MR) is 106 cm³/mol. The van der Waals surface area contributed by atoms with Crippen LogP contribution in [-0.2, 0) is 9.53 Å². The Balaban J connectivity index is 1.69. The van der Waals surface area contributed by atoms with Gasteiger partial charge in [-0.2, -0.15) is 0 Å². The second-order valence-electron chi connectivity index (χ2n) is 11.1. The van der Waals surface area contributed by atoms with E-state index in [1.807, 2.05) is 0 Å². The molecule has 5 aliphatic rings. The second kappa shape index (κ2) is 6.45. The molecule has 1 N–H and O–H groups in total. The summed E-state index contributed by atoms with van der Waals surface area (Å²) < 4.78 is 5.27. The number of ether oxygens (including phenoxy) is 1. The van der Waals surface area contributed by atoms with Gasteiger partial charge >= 0.3 is 5.97 Å². The van der Waals surface area contributed by atoms with Gasteiger partial charge in [0, 0.05) is 17.9 Å². The van der Waals surface area contributed by atoms with Crippen LogP contribution < -0.4 is 0 Å². The van der Waals surface area contributed by atoms with Gasteiger partial charge in [-0.15, -0.1) is 0 Å². The molecule has 0 radical (unpaired) electrons. The first kappa shape index (κ1) is 19.7. The number of hydrogen-bond donors (Lipinski definition) is 1. The SMILES string of the molecule is COC(=O)[C@]1(C)CCC[C@@]2(C)[C@@H]3C[C@H]4CC[C@@]3(CC[C@@H]21)[C@H](O)[C@H]4CN(C)C. The predicted octanol–water partition coefficient (Wildman–Crippen LogP) is 3.72. The van der Waals surface area contributed by atoms with Crippen molar-refractivity contribution in [2.75, 3.05) is 27.7 Å². The number of esters is 1. The number of rotatable bonds is 3. The zero-order chi connectivity index (χ0) is 19.6. The molecular weight excluding hydrogens is 338 g/mol. The highest BCUT2D eigenvalue weighted by Gasteiger charge is 2.68. The van der Waals surface area contributed by atoms with Gasteiger partial charge in [-0.05, 0) is 89.1 Å². The maximum Gasteiger partial charge on any atom is 0.311 e. The van der Waals surface area contributed by atoms with E-state index in [9.17, 15) is 9.90 Å². The monoisotopic (exact) mass is 377 g/mol. The van der Waals surface area contributed by atoms with Gasteiger partial charge in [-0.3, -0.25) is 4.79 Å². The molecule has 27 heavy (non-hydrogen) atoms. The standard InChI is InChI=1S/C23H39NO3/c1-21-9-6-10-22(2,20(26)27-5)17(21)8-12-23-11-7-15(13-18(21)23)16(19(23)25)14-24(3)4/h15-19,25H,6-14H2,1-5H3/t15-,16+,17+,18+,19-,21-,22-,23+/m1/s1. The lowest BCUT2D eigenvalue weighted by molar-refractivity contribution is -0.246. The van der Waals surface area contributed by atoms with E-state index in [0.717, 1.165) is 32.2 Å². The summed E-state index contributed by atoms with van der Waals surface area (Å²) in [4.78, 5) is 15.0. The number of nitrogens with zero attached hydrogens (tertiary/aromatic N) is 1. The van der Waals surface area contributed by atoms with Crippen LogP contribution in [-0.4, -0.2) is 49.8 Å². The highest BCUT2D eigenvalue weighted by atomic mass is 16.5. The molecule has 5 saturated carbocycles. The molecule has 1 spiro atoms. The average molecular weight is 378 g/mol. The maximum absolute atomic E-state index is 12.8. The zero-order valence-corrected chi connectivity index (χ0v) is 18.0. The van der Waals surface area contributed by atoms with Crippen LogP contribution in [0.5, 0.6) is 0 Å². The molecule has 0 aromatic rings. The van der Waals surface area contributed by atoms with Crippen LogP contribution in [0.3, 0.4) is 0 Å². The van der Waals surface area contributed by atoms with Gasteiger partial charge in [0.2, 0.25) is 0 Å². The van der Waals surface area contributed by atoms with Crippen molar-refractivity contribution in [1.82, 2.24) is 4.90 Å². The van der Waals surface area contributed by atoms with Crippen molar-refractivity contribution < 1.29 is 14.6 Å². The highest BCUT2D eigenvalue weighted by molar-refractivity contribution is 5.77. The molecule has 154 valence electrons. The van der Waals surface area contributed by atoms with E-state index in [4.69, 9.17) is 4.74 Å². The van der Waals surface area contributed by atoms with Crippen LogP contribution in [0.25, 0.3) is 0 Å². The largest absolute Gasteiger partial charge is 0.469 e. The minimum absolute atomic E-state index is 0.0126. The molecule has 5 fully saturated rings. The third-order valence-electron chi connectivity index (χ3n) is 9.71. The molecule has 0 aromatic carbocycles. The molecule has 0 saturated heterocycles. The summed E-state index contributed by atoms with van der Waals surface area (Å²) in [5.74, 6) is 1.99. The summed E-state index contributed by atoms with van der Waals surface area (Å²) in [6.45, 7) is 5.61. The first-order valence-corrected chi connectivity index (χ1v) is 11.1. The summed E-state index contributed by atoms with van der Waals surface area (Å²) in [6.07, 6.45) is 8.95. The Morgan fingerprint density at radius 1 is 1.11 bits per heavy atom. The minimum Gasteiger partial charge on any atom is -0.469 e. The van der Waals surface area contributed by atoms with Crippen molar-refractivity contribution in [1.29, 1.82) is 0 Å². The molecule has 0 aromatic heterocycles. The molecule has 2 bridgehead atoms. The number of methoxy groups -OCH3 is 1. The fraction of sp³-hybridized carbons (Fsp3) is 0.957. The first-order chi connectivity index (χ1) is 12.7. The van der Waals surface area contributed by atoms with Gasteiger partial charge in [0.15, 0.2) is 0 Å². The quantitative estimate of drug-likeness (QED) is 0.762. The smallest absolute Gasteiger partial charge is 0.311 e. The number of carbonyl (C=O) groups is 1. The Hall–Kier alpha value is -0.610. The summed E-state index contributed by atoms with van der Waals surface area (Å²) in [7, 11) is 5.80. The van der Waals surface area contributed by atoms with Crippen molar-refractivity contribution in [3.63, 3.8) is 0 Å². The van der Waals surface area contributed by atoms with Crippen molar-refractivity contribution in [3.05, 3.63) is 0 Å². The number of fused-ring (bicyclic) bond motifs is 3. The Morgan fingerprint density at radius 3 is 2.48 bits per heavy atom. The van der Waals surface area contributed by atoms with Crippen molar-refractivity contribution in [2.24, 2.45) is 39.9 Å². The fourth-order valence-electron chi connectivity index (χ4n) is 8.62. The van der Waals surface area contributed by atoms with Gasteiger partial charge in [0.05, 0.1) is 18.6 Å². The molecule has 0 unspecified atom stereocenters. The van der Waals surface area contributed by atoms with Crippen molar-refractivity contribution in [2.45, 2.75) is 71.3 Å². The summed E-state index contributed by atoms with van der Waals surface area (Å²) >= 11 is 0. The van der Waals surface area contributed by atoms with E-state index >= 15 is 0 Å². The highest BCUT2D eigenvalue weighted by Crippen LogP contribution is 2.72. The van der Waals surface area contributed by atoms with Crippen molar-refractivity contribution >= 4 is 5.97 Å². The Morgan fingerprint density at radius 2 is 1.81 bits per heavy atom. The topological polar surface area (TPSA) is 49.8 Å². The average Bonchev–Trinajstić information content (AvgIpc) is 2.63. The van der Waals surface area contributed by atoms with Gasteiger partial charge < -0.3 is 14.7 Å². The molecule has 5 rings (SSSR count). The molecular formula is C23H39NO3. The molecule has 4 heteroatoms. The summed E-state index contributed by atoms with van der Waals surface area (Å²) in [5, 5.41) is 11.6. The van der Waals surface area contributed by atoms with Gasteiger partial charge in [0.1, 0.15) is 0 Å². The lowest BCUT2D eigenvalue weighted by Gasteiger charge is -2.70. The molecule has 0 amide bonds. The van der Waals surface area contributed by atoms with Gasteiger partial charge in [-0.25, -0.2) is 0 Å². The third kappa shape index (κ3) is 2.58.